The molecule has 13 heteroatoms. The van der Waals surface area contributed by atoms with E-state index >= 15 is 0 Å². The van der Waals surface area contributed by atoms with E-state index in [-0.39, 0.29) is 23.0 Å². The van der Waals surface area contributed by atoms with Crippen molar-refractivity contribution >= 4 is 0 Å². The lowest BCUT2D eigenvalue weighted by Crippen LogP contribution is -2.65. The number of hydrogen-bond acceptors (Lipinski definition) is 13. The second kappa shape index (κ2) is 14.1. The maximum atomic E-state index is 11.2. The Morgan fingerprint density at radius 1 is 0.673 bits per heavy atom. The van der Waals surface area contributed by atoms with Crippen molar-refractivity contribution < 1.29 is 64.2 Å². The van der Waals surface area contributed by atoms with Crippen molar-refractivity contribution in [2.75, 3.05) is 19.8 Å². The van der Waals surface area contributed by atoms with E-state index in [2.05, 4.69) is 27.7 Å². The van der Waals surface area contributed by atoms with Crippen molar-refractivity contribution in [2.24, 2.45) is 52.3 Å². The van der Waals surface area contributed by atoms with Gasteiger partial charge in [0.25, 0.3) is 0 Å². The Balaban J connectivity index is 0.892. The SMILES string of the molecule is C[C@H]1CC[C@@]2(OC1)O[C@H]1C[C@H]3[C@@H]4CC[C@@H]5C[C@@H](O[C@@H]6O[C@H](CO)[C@@H](O[C@@H]7O[C@H](CO)[C@@H](O)[C@H](O)[C@H]7O)[C@H](O)[C@H]6O)CC[C@]5(C)[C@H]4CC[C@]3(C)[C@H]1[C@@H]2C. The highest BCUT2D eigenvalue weighted by atomic mass is 16.7. The first-order valence-corrected chi connectivity index (χ1v) is 20.3. The van der Waals surface area contributed by atoms with Gasteiger partial charge in [-0.3, -0.25) is 0 Å². The largest absolute Gasteiger partial charge is 0.394 e. The lowest BCUT2D eigenvalue weighted by molar-refractivity contribution is -0.364. The highest BCUT2D eigenvalue weighted by Crippen LogP contribution is 2.71. The maximum Gasteiger partial charge on any atom is 0.187 e. The third-order valence-electron chi connectivity index (χ3n) is 16.2. The van der Waals surface area contributed by atoms with Crippen molar-refractivity contribution in [2.45, 2.75) is 171 Å². The Bertz CT molecular complexity index is 1260. The van der Waals surface area contributed by atoms with Crippen molar-refractivity contribution in [3.8, 4) is 0 Å². The molecule has 0 aromatic heterocycles. The Kier molecular flexibility index (Phi) is 10.4. The van der Waals surface area contributed by atoms with E-state index in [0.717, 1.165) is 45.1 Å². The minimum Gasteiger partial charge on any atom is -0.394 e. The number of hydrogen-bond donors (Lipinski definition) is 7. The molecule has 4 heterocycles. The molecule has 8 fully saturated rings. The van der Waals surface area contributed by atoms with E-state index in [1.54, 1.807) is 0 Å². The van der Waals surface area contributed by atoms with E-state index in [4.69, 9.17) is 28.4 Å². The Hall–Kier alpha value is -0.520. The number of fused-ring (bicyclic) bond motifs is 7. The molecule has 52 heavy (non-hydrogen) atoms. The number of aliphatic hydroxyl groups excluding tert-OH is 7. The zero-order valence-corrected chi connectivity index (χ0v) is 31.2. The molecule has 0 aromatic carbocycles. The summed E-state index contributed by atoms with van der Waals surface area (Å²) in [5, 5.41) is 72.8. The van der Waals surface area contributed by atoms with Gasteiger partial charge in [-0.1, -0.05) is 27.7 Å². The van der Waals surface area contributed by atoms with Crippen LogP contribution < -0.4 is 0 Å². The number of rotatable bonds is 6. The summed E-state index contributed by atoms with van der Waals surface area (Å²) in [7, 11) is 0. The highest BCUT2D eigenvalue weighted by molar-refractivity contribution is 5.15. The second-order valence-electron chi connectivity index (χ2n) is 18.7. The van der Waals surface area contributed by atoms with E-state index in [9.17, 15) is 35.7 Å². The van der Waals surface area contributed by atoms with Crippen LogP contribution in [0.2, 0.25) is 0 Å². The molecule has 22 atom stereocenters. The summed E-state index contributed by atoms with van der Waals surface area (Å²) >= 11 is 0. The molecule has 4 saturated carbocycles. The molecule has 8 rings (SSSR count). The number of ether oxygens (including phenoxy) is 6. The van der Waals surface area contributed by atoms with Gasteiger partial charge in [-0.2, -0.15) is 0 Å². The van der Waals surface area contributed by atoms with Gasteiger partial charge in [0.15, 0.2) is 18.4 Å². The number of aliphatic hydroxyl groups is 7. The van der Waals surface area contributed by atoms with Gasteiger partial charge in [0, 0.05) is 12.3 Å². The molecular formula is C39H64O13. The minimum absolute atomic E-state index is 0.188. The predicted octanol–water partition coefficient (Wildman–Crippen LogP) is 1.44. The molecule has 0 radical (unpaired) electrons. The molecule has 298 valence electrons. The molecule has 13 nitrogen and oxygen atoms in total. The van der Waals surface area contributed by atoms with E-state index in [0.29, 0.717) is 41.4 Å². The standard InChI is InChI=1S/C39H64O13/c1-18-7-12-39(47-17-18)19(2)28-25(52-39)14-24-22-6-5-20-13-21(8-10-37(20,3)23(22)9-11-38(24,28)4)48-35-33(46)31(44)34(27(16-41)50-35)51-36-32(45)30(43)29(42)26(15-40)49-36/h18-36,40-46H,5-17H2,1-4H3/t18-,19-,20+,21-,22+,23-,24-,25-,26+,27+,28-,29+,30-,31+,32+,33+,34+,35+,36-,37-,38-,39+/m0/s1. The minimum atomic E-state index is -1.71. The van der Waals surface area contributed by atoms with Gasteiger partial charge in [0.2, 0.25) is 0 Å². The Morgan fingerprint density at radius 2 is 1.37 bits per heavy atom. The molecule has 0 unspecified atom stereocenters. The fourth-order valence-electron chi connectivity index (χ4n) is 13.2. The summed E-state index contributed by atoms with van der Waals surface area (Å²) in [5.41, 5.74) is 0.468. The molecule has 0 aromatic rings. The van der Waals surface area contributed by atoms with Gasteiger partial charge < -0.3 is 64.2 Å². The molecule has 4 saturated heterocycles. The van der Waals surface area contributed by atoms with Crippen LogP contribution in [0.25, 0.3) is 0 Å². The summed E-state index contributed by atoms with van der Waals surface area (Å²) in [6.07, 6.45) is -3.66. The molecule has 4 aliphatic heterocycles. The smallest absolute Gasteiger partial charge is 0.187 e. The Morgan fingerprint density at radius 3 is 2.08 bits per heavy atom. The molecule has 1 spiro atoms. The van der Waals surface area contributed by atoms with Crippen LogP contribution in [-0.2, 0) is 28.4 Å². The second-order valence-corrected chi connectivity index (χ2v) is 18.7. The average Bonchev–Trinajstić information content (AvgIpc) is 3.58. The third kappa shape index (κ3) is 5.98. The molecule has 7 N–H and O–H groups in total. The first kappa shape index (κ1) is 38.4. The summed E-state index contributed by atoms with van der Waals surface area (Å²) in [6, 6.07) is 0. The van der Waals surface area contributed by atoms with Crippen molar-refractivity contribution in [3.63, 3.8) is 0 Å². The topological polar surface area (TPSA) is 197 Å². The normalized spacial score (nSPS) is 59.0. The zero-order valence-electron chi connectivity index (χ0n) is 31.2. The summed E-state index contributed by atoms with van der Waals surface area (Å²) in [5.74, 6) is 3.63. The van der Waals surface area contributed by atoms with Gasteiger partial charge in [-0.25, -0.2) is 0 Å². The lowest BCUT2D eigenvalue weighted by atomic mass is 9.44. The molecule has 8 aliphatic rings. The summed E-state index contributed by atoms with van der Waals surface area (Å²) in [4.78, 5) is 0. The van der Waals surface area contributed by atoms with E-state index in [1.807, 2.05) is 0 Å². The van der Waals surface area contributed by atoms with Gasteiger partial charge in [0.05, 0.1) is 32.0 Å². The van der Waals surface area contributed by atoms with Crippen LogP contribution in [0.3, 0.4) is 0 Å². The Labute approximate surface area is 307 Å². The van der Waals surface area contributed by atoms with Gasteiger partial charge >= 0.3 is 0 Å². The predicted molar refractivity (Wildman–Crippen MR) is 183 cm³/mol. The fourth-order valence-corrected chi connectivity index (χ4v) is 13.2. The van der Waals surface area contributed by atoms with Crippen molar-refractivity contribution in [3.05, 3.63) is 0 Å². The van der Waals surface area contributed by atoms with Crippen LogP contribution in [0.4, 0.5) is 0 Å². The van der Waals surface area contributed by atoms with E-state index < -0.39 is 80.4 Å². The van der Waals surface area contributed by atoms with Crippen LogP contribution in [0, 0.1) is 52.3 Å². The van der Waals surface area contributed by atoms with Crippen LogP contribution >= 0.6 is 0 Å². The summed E-state index contributed by atoms with van der Waals surface area (Å²) < 4.78 is 37.0. The molecule has 0 amide bonds. The van der Waals surface area contributed by atoms with Gasteiger partial charge in [0.1, 0.15) is 48.8 Å². The van der Waals surface area contributed by atoms with Gasteiger partial charge in [-0.05, 0) is 104 Å². The van der Waals surface area contributed by atoms with E-state index in [1.165, 1.54) is 25.7 Å². The van der Waals surface area contributed by atoms with Crippen LogP contribution in [0.15, 0.2) is 0 Å². The van der Waals surface area contributed by atoms with Crippen molar-refractivity contribution in [1.29, 1.82) is 0 Å². The first-order valence-electron chi connectivity index (χ1n) is 20.3. The fraction of sp³-hybridized carbons (Fsp3) is 1.00. The third-order valence-corrected chi connectivity index (χ3v) is 16.2. The first-order chi connectivity index (χ1) is 24.7. The van der Waals surface area contributed by atoms with Crippen molar-refractivity contribution in [1.82, 2.24) is 0 Å². The molecule has 4 aliphatic carbocycles. The van der Waals surface area contributed by atoms with Crippen LogP contribution in [-0.4, -0.2) is 135 Å². The monoisotopic (exact) mass is 740 g/mol. The highest BCUT2D eigenvalue weighted by Gasteiger charge is 2.69. The zero-order chi connectivity index (χ0) is 36.9. The lowest BCUT2D eigenvalue weighted by Gasteiger charge is -2.61. The average molecular weight is 741 g/mol. The van der Waals surface area contributed by atoms with Crippen LogP contribution in [0.5, 0.6) is 0 Å². The quantitative estimate of drug-likeness (QED) is 0.194. The molecular weight excluding hydrogens is 676 g/mol. The van der Waals surface area contributed by atoms with Gasteiger partial charge in [-0.15, -0.1) is 0 Å². The van der Waals surface area contributed by atoms with Crippen LogP contribution in [0.1, 0.15) is 91.9 Å². The maximum absolute atomic E-state index is 11.2. The molecule has 0 bridgehead atoms. The summed E-state index contributed by atoms with van der Waals surface area (Å²) in [6.45, 7) is 9.33.